The largest absolute Gasteiger partial charge is 0.364 e. The van der Waals surface area contributed by atoms with Gasteiger partial charge in [-0.1, -0.05) is 24.3 Å². The van der Waals surface area contributed by atoms with Crippen molar-refractivity contribution in [3.63, 3.8) is 0 Å². The highest BCUT2D eigenvalue weighted by Crippen LogP contribution is 2.29. The molecule has 1 heterocycles. The zero-order valence-corrected chi connectivity index (χ0v) is 12.0. The fraction of sp³-hybridized carbons (Fsp3) is 0.312. The molecular formula is C16H18N4O. The molecule has 1 aromatic carbocycles. The van der Waals surface area contributed by atoms with Crippen LogP contribution in [0.1, 0.15) is 24.0 Å². The van der Waals surface area contributed by atoms with Crippen LogP contribution in [0, 0.1) is 12.8 Å². The Balaban J connectivity index is 1.56. The van der Waals surface area contributed by atoms with E-state index in [1.807, 2.05) is 18.2 Å². The van der Waals surface area contributed by atoms with Crippen LogP contribution in [-0.2, 0) is 11.3 Å². The highest BCUT2D eigenvalue weighted by molar-refractivity contribution is 5.93. The lowest BCUT2D eigenvalue weighted by Gasteiger charge is -2.08. The van der Waals surface area contributed by atoms with Crippen molar-refractivity contribution < 1.29 is 4.79 Å². The summed E-state index contributed by atoms with van der Waals surface area (Å²) in [5, 5.41) is 14.1. The van der Waals surface area contributed by atoms with Crippen molar-refractivity contribution in [2.45, 2.75) is 26.3 Å². The lowest BCUT2D eigenvalue weighted by molar-refractivity contribution is -0.117. The van der Waals surface area contributed by atoms with Gasteiger partial charge in [0.2, 0.25) is 5.91 Å². The van der Waals surface area contributed by atoms with Gasteiger partial charge in [-0.05, 0) is 43.0 Å². The Morgan fingerprint density at radius 3 is 2.52 bits per heavy atom. The van der Waals surface area contributed by atoms with E-state index in [-0.39, 0.29) is 11.8 Å². The molecule has 1 amide bonds. The Kier molecular flexibility index (Phi) is 3.81. The van der Waals surface area contributed by atoms with E-state index in [1.165, 1.54) is 11.1 Å². The summed E-state index contributed by atoms with van der Waals surface area (Å²) < 4.78 is 0. The maximum Gasteiger partial charge on any atom is 0.228 e. The predicted octanol–water partition coefficient (Wildman–Crippen LogP) is 2.75. The molecule has 1 fully saturated rings. The summed E-state index contributed by atoms with van der Waals surface area (Å²) in [6.45, 7) is 2.79. The number of carbonyl (C=O) groups is 1. The summed E-state index contributed by atoms with van der Waals surface area (Å²) in [6.07, 6.45) is 1.96. The lowest BCUT2D eigenvalue weighted by atomic mass is 10.1. The van der Waals surface area contributed by atoms with Crippen LogP contribution in [0.3, 0.4) is 0 Å². The number of benzene rings is 1. The fourth-order valence-corrected chi connectivity index (χ4v) is 2.06. The molecule has 1 aliphatic rings. The van der Waals surface area contributed by atoms with Gasteiger partial charge in [-0.25, -0.2) is 0 Å². The smallest absolute Gasteiger partial charge is 0.228 e. The number of amides is 1. The summed E-state index contributed by atoms with van der Waals surface area (Å²) in [6, 6.07) is 11.8. The average molecular weight is 282 g/mol. The number of hydrogen-bond donors (Lipinski definition) is 2. The summed E-state index contributed by atoms with van der Waals surface area (Å²) in [7, 11) is 0. The summed E-state index contributed by atoms with van der Waals surface area (Å²) in [4.78, 5) is 11.6. The van der Waals surface area contributed by atoms with Crippen molar-refractivity contribution in [3.05, 3.63) is 47.5 Å². The second-order valence-electron chi connectivity index (χ2n) is 5.35. The van der Waals surface area contributed by atoms with Crippen molar-refractivity contribution in [1.82, 2.24) is 10.2 Å². The molecule has 0 aliphatic heterocycles. The number of rotatable bonds is 5. The van der Waals surface area contributed by atoms with E-state index in [9.17, 15) is 4.79 Å². The van der Waals surface area contributed by atoms with Gasteiger partial charge in [0.25, 0.3) is 0 Å². The SMILES string of the molecule is Cc1ccccc1CNc1ccc(NC(=O)C2CC2)nn1. The average Bonchev–Trinajstić information content (AvgIpc) is 3.33. The zero-order chi connectivity index (χ0) is 14.7. The van der Waals surface area contributed by atoms with Gasteiger partial charge in [-0.3, -0.25) is 4.79 Å². The van der Waals surface area contributed by atoms with Crippen LogP contribution in [0.15, 0.2) is 36.4 Å². The first-order chi connectivity index (χ1) is 10.2. The predicted molar refractivity (Wildman–Crippen MR) is 81.9 cm³/mol. The molecule has 0 bridgehead atoms. The number of aromatic nitrogens is 2. The normalized spacial score (nSPS) is 13.8. The third-order valence-corrected chi connectivity index (χ3v) is 3.59. The van der Waals surface area contributed by atoms with Gasteiger partial charge >= 0.3 is 0 Å². The van der Waals surface area contributed by atoms with Gasteiger partial charge in [0.1, 0.15) is 5.82 Å². The molecule has 2 N–H and O–H groups in total. The van der Waals surface area contributed by atoms with Crippen LogP contribution in [0.25, 0.3) is 0 Å². The molecule has 1 aliphatic carbocycles. The molecular weight excluding hydrogens is 264 g/mol. The molecule has 5 nitrogen and oxygen atoms in total. The molecule has 1 saturated carbocycles. The maximum absolute atomic E-state index is 11.6. The van der Waals surface area contributed by atoms with Crippen LogP contribution in [0.4, 0.5) is 11.6 Å². The Morgan fingerprint density at radius 1 is 1.14 bits per heavy atom. The van der Waals surface area contributed by atoms with E-state index < -0.39 is 0 Å². The molecule has 108 valence electrons. The van der Waals surface area contributed by atoms with Crippen molar-refractivity contribution in [1.29, 1.82) is 0 Å². The van der Waals surface area contributed by atoms with Crippen LogP contribution < -0.4 is 10.6 Å². The third-order valence-electron chi connectivity index (χ3n) is 3.59. The van der Waals surface area contributed by atoms with Crippen molar-refractivity contribution in [2.24, 2.45) is 5.92 Å². The Labute approximate surface area is 123 Å². The monoisotopic (exact) mass is 282 g/mol. The number of carbonyl (C=O) groups excluding carboxylic acids is 1. The van der Waals surface area contributed by atoms with Gasteiger partial charge < -0.3 is 10.6 Å². The number of hydrogen-bond acceptors (Lipinski definition) is 4. The minimum Gasteiger partial charge on any atom is -0.364 e. The van der Waals surface area contributed by atoms with E-state index >= 15 is 0 Å². The Morgan fingerprint density at radius 2 is 1.86 bits per heavy atom. The standard InChI is InChI=1S/C16H18N4O/c1-11-4-2-3-5-13(11)10-17-14-8-9-15(20-19-14)18-16(21)12-6-7-12/h2-5,8-9,12H,6-7,10H2,1H3,(H,17,19)(H,18,20,21). The van der Waals surface area contributed by atoms with Crippen molar-refractivity contribution in [3.8, 4) is 0 Å². The van der Waals surface area contributed by atoms with Crippen LogP contribution >= 0.6 is 0 Å². The maximum atomic E-state index is 11.6. The zero-order valence-electron chi connectivity index (χ0n) is 12.0. The van der Waals surface area contributed by atoms with Crippen molar-refractivity contribution in [2.75, 3.05) is 10.6 Å². The Hall–Kier alpha value is -2.43. The van der Waals surface area contributed by atoms with Gasteiger partial charge in [-0.15, -0.1) is 10.2 Å². The van der Waals surface area contributed by atoms with Gasteiger partial charge in [0.05, 0.1) is 0 Å². The third kappa shape index (κ3) is 3.56. The molecule has 3 rings (SSSR count). The minimum absolute atomic E-state index is 0.0462. The summed E-state index contributed by atoms with van der Waals surface area (Å²) >= 11 is 0. The van der Waals surface area contributed by atoms with Crippen LogP contribution in [0.5, 0.6) is 0 Å². The number of nitrogens with zero attached hydrogens (tertiary/aromatic N) is 2. The molecule has 0 unspecified atom stereocenters. The van der Waals surface area contributed by atoms with Crippen molar-refractivity contribution >= 4 is 17.5 Å². The number of aryl methyl sites for hydroxylation is 1. The molecule has 0 atom stereocenters. The topological polar surface area (TPSA) is 66.9 Å². The molecule has 0 radical (unpaired) electrons. The van der Waals surface area contributed by atoms with Gasteiger partial charge in [0, 0.05) is 12.5 Å². The summed E-state index contributed by atoms with van der Waals surface area (Å²) in [5.41, 5.74) is 2.47. The highest BCUT2D eigenvalue weighted by Gasteiger charge is 2.29. The quantitative estimate of drug-likeness (QED) is 0.885. The van der Waals surface area contributed by atoms with Crippen LogP contribution in [-0.4, -0.2) is 16.1 Å². The minimum atomic E-state index is 0.0462. The van der Waals surface area contributed by atoms with Gasteiger partial charge in [0.15, 0.2) is 5.82 Å². The molecule has 0 saturated heterocycles. The highest BCUT2D eigenvalue weighted by atomic mass is 16.2. The second kappa shape index (κ2) is 5.91. The van der Waals surface area contributed by atoms with Crippen LogP contribution in [0.2, 0.25) is 0 Å². The number of nitrogens with one attached hydrogen (secondary N) is 2. The van der Waals surface area contributed by atoms with Gasteiger partial charge in [-0.2, -0.15) is 0 Å². The molecule has 2 aromatic rings. The first-order valence-electron chi connectivity index (χ1n) is 7.15. The van der Waals surface area contributed by atoms with E-state index in [4.69, 9.17) is 0 Å². The lowest BCUT2D eigenvalue weighted by Crippen LogP contribution is -2.15. The number of anilines is 2. The second-order valence-corrected chi connectivity index (χ2v) is 5.35. The van der Waals surface area contributed by atoms with E-state index in [1.54, 1.807) is 6.07 Å². The Bertz CT molecular complexity index is 635. The first kappa shape index (κ1) is 13.5. The van der Waals surface area contributed by atoms with E-state index in [2.05, 4.69) is 39.9 Å². The summed E-state index contributed by atoms with van der Waals surface area (Å²) in [5.74, 6) is 1.42. The van der Waals surface area contributed by atoms with E-state index in [0.717, 1.165) is 12.8 Å². The molecule has 0 spiro atoms. The molecule has 21 heavy (non-hydrogen) atoms. The fourth-order valence-electron chi connectivity index (χ4n) is 2.06. The first-order valence-corrected chi connectivity index (χ1v) is 7.15. The molecule has 5 heteroatoms. The molecule has 1 aromatic heterocycles. The van der Waals surface area contributed by atoms with E-state index in [0.29, 0.717) is 18.2 Å².